The molecule has 0 spiro atoms. The van der Waals surface area contributed by atoms with E-state index in [9.17, 15) is 14.3 Å². The molecule has 1 fully saturated rings. The zero-order valence-corrected chi connectivity index (χ0v) is 11.2. The lowest BCUT2D eigenvalue weighted by molar-refractivity contribution is -0.123. The van der Waals surface area contributed by atoms with E-state index in [1.165, 1.54) is 12.1 Å². The van der Waals surface area contributed by atoms with Gasteiger partial charge in [0.2, 0.25) is 5.91 Å². The lowest BCUT2D eigenvalue weighted by Crippen LogP contribution is -2.55. The van der Waals surface area contributed by atoms with Crippen molar-refractivity contribution >= 4 is 11.6 Å². The van der Waals surface area contributed by atoms with Crippen LogP contribution >= 0.6 is 0 Å². The fraction of sp³-hybridized carbons (Fsp3) is 0.500. The van der Waals surface area contributed by atoms with E-state index in [0.29, 0.717) is 25.1 Å². The SMILES string of the molecule is CCC1C(=O)NCCN1c1ccc(F)cc1[C@@H](C)O. The van der Waals surface area contributed by atoms with Gasteiger partial charge in [0.05, 0.1) is 6.10 Å². The third kappa shape index (κ3) is 2.71. The summed E-state index contributed by atoms with van der Waals surface area (Å²) in [6.07, 6.45) is -0.101. The lowest BCUT2D eigenvalue weighted by Gasteiger charge is -2.37. The van der Waals surface area contributed by atoms with Crippen molar-refractivity contribution in [2.24, 2.45) is 0 Å². The maximum Gasteiger partial charge on any atom is 0.242 e. The largest absolute Gasteiger partial charge is 0.389 e. The van der Waals surface area contributed by atoms with Crippen LogP contribution in [0.1, 0.15) is 31.9 Å². The van der Waals surface area contributed by atoms with Gasteiger partial charge in [-0.05, 0) is 31.5 Å². The summed E-state index contributed by atoms with van der Waals surface area (Å²) in [4.78, 5) is 13.8. The maximum atomic E-state index is 13.3. The summed E-state index contributed by atoms with van der Waals surface area (Å²) < 4.78 is 13.3. The zero-order valence-electron chi connectivity index (χ0n) is 11.2. The van der Waals surface area contributed by atoms with Gasteiger partial charge < -0.3 is 15.3 Å². The summed E-state index contributed by atoms with van der Waals surface area (Å²) in [5, 5.41) is 12.6. The van der Waals surface area contributed by atoms with Crippen LogP contribution in [0.4, 0.5) is 10.1 Å². The summed E-state index contributed by atoms with van der Waals surface area (Å²) >= 11 is 0. The van der Waals surface area contributed by atoms with Crippen LogP contribution < -0.4 is 10.2 Å². The minimum Gasteiger partial charge on any atom is -0.389 e. The van der Waals surface area contributed by atoms with Crippen LogP contribution in [0.5, 0.6) is 0 Å². The molecule has 2 rings (SSSR count). The van der Waals surface area contributed by atoms with Crippen LogP contribution in [0.3, 0.4) is 0 Å². The number of nitrogens with zero attached hydrogens (tertiary/aromatic N) is 1. The fourth-order valence-electron chi connectivity index (χ4n) is 2.53. The number of piperazine rings is 1. The Morgan fingerprint density at radius 1 is 1.58 bits per heavy atom. The number of aliphatic hydroxyl groups is 1. The molecule has 0 radical (unpaired) electrons. The van der Waals surface area contributed by atoms with Gasteiger partial charge in [-0.3, -0.25) is 4.79 Å². The van der Waals surface area contributed by atoms with Gasteiger partial charge in [0.25, 0.3) is 0 Å². The first-order valence-electron chi connectivity index (χ1n) is 6.56. The van der Waals surface area contributed by atoms with E-state index in [1.54, 1.807) is 13.0 Å². The number of benzene rings is 1. The van der Waals surface area contributed by atoms with Crippen molar-refractivity contribution < 1.29 is 14.3 Å². The number of nitrogens with one attached hydrogen (secondary N) is 1. The number of carbonyl (C=O) groups excluding carboxylic acids is 1. The Kier molecular flexibility index (Phi) is 4.04. The van der Waals surface area contributed by atoms with E-state index in [-0.39, 0.29) is 17.8 Å². The first kappa shape index (κ1) is 13.8. The molecule has 19 heavy (non-hydrogen) atoms. The van der Waals surface area contributed by atoms with Gasteiger partial charge in [-0.1, -0.05) is 6.92 Å². The van der Waals surface area contributed by atoms with Gasteiger partial charge in [-0.2, -0.15) is 0 Å². The molecular weight excluding hydrogens is 247 g/mol. The third-order valence-corrected chi connectivity index (χ3v) is 3.47. The van der Waals surface area contributed by atoms with Gasteiger partial charge >= 0.3 is 0 Å². The minimum absolute atomic E-state index is 0.0189. The molecular formula is C14H19FN2O2. The summed E-state index contributed by atoms with van der Waals surface area (Å²) in [6.45, 7) is 4.76. The van der Waals surface area contributed by atoms with E-state index in [1.807, 2.05) is 11.8 Å². The second kappa shape index (κ2) is 5.57. The Balaban J connectivity index is 2.42. The maximum absolute atomic E-state index is 13.3. The van der Waals surface area contributed by atoms with Crippen LogP contribution in [0.15, 0.2) is 18.2 Å². The average molecular weight is 266 g/mol. The van der Waals surface area contributed by atoms with Crippen molar-refractivity contribution in [1.82, 2.24) is 5.32 Å². The summed E-state index contributed by atoms with van der Waals surface area (Å²) in [5.74, 6) is -0.399. The van der Waals surface area contributed by atoms with E-state index in [0.717, 1.165) is 5.69 Å². The van der Waals surface area contributed by atoms with Crippen LogP contribution in [-0.4, -0.2) is 30.1 Å². The van der Waals surface area contributed by atoms with Crippen molar-refractivity contribution in [1.29, 1.82) is 0 Å². The molecule has 1 saturated heterocycles. The Morgan fingerprint density at radius 3 is 2.95 bits per heavy atom. The van der Waals surface area contributed by atoms with Crippen molar-refractivity contribution in [2.45, 2.75) is 32.4 Å². The molecule has 1 aromatic carbocycles. The molecule has 0 aromatic heterocycles. The molecule has 1 unspecified atom stereocenters. The van der Waals surface area contributed by atoms with Gasteiger partial charge in [0.15, 0.2) is 0 Å². The molecule has 104 valence electrons. The third-order valence-electron chi connectivity index (χ3n) is 3.47. The standard InChI is InChI=1S/C14H19FN2O2/c1-3-12-14(19)16-6-7-17(12)13-5-4-10(15)8-11(13)9(2)18/h4-5,8-9,12,18H,3,6-7H2,1-2H3,(H,16,19)/t9-,12?/m1/s1. The number of halogens is 1. The highest BCUT2D eigenvalue weighted by molar-refractivity contribution is 5.86. The van der Waals surface area contributed by atoms with Gasteiger partial charge in [0.1, 0.15) is 11.9 Å². The van der Waals surface area contributed by atoms with E-state index < -0.39 is 6.10 Å². The first-order chi connectivity index (χ1) is 9.04. The van der Waals surface area contributed by atoms with Gasteiger partial charge in [-0.25, -0.2) is 4.39 Å². The topological polar surface area (TPSA) is 52.6 Å². The predicted molar refractivity (Wildman–Crippen MR) is 71.5 cm³/mol. The van der Waals surface area contributed by atoms with Crippen molar-refractivity contribution in [3.05, 3.63) is 29.6 Å². The van der Waals surface area contributed by atoms with E-state index in [2.05, 4.69) is 5.32 Å². The molecule has 4 nitrogen and oxygen atoms in total. The highest BCUT2D eigenvalue weighted by Crippen LogP contribution is 2.30. The molecule has 5 heteroatoms. The van der Waals surface area contributed by atoms with Crippen molar-refractivity contribution in [3.63, 3.8) is 0 Å². The first-order valence-corrected chi connectivity index (χ1v) is 6.56. The molecule has 2 N–H and O–H groups in total. The summed E-state index contributed by atoms with van der Waals surface area (Å²) in [7, 11) is 0. The van der Waals surface area contributed by atoms with E-state index >= 15 is 0 Å². The van der Waals surface area contributed by atoms with Crippen LogP contribution in [0.2, 0.25) is 0 Å². The Bertz CT molecular complexity index is 477. The Labute approximate surface area is 112 Å². The number of aliphatic hydroxyl groups excluding tert-OH is 1. The van der Waals surface area contributed by atoms with Crippen molar-refractivity contribution in [2.75, 3.05) is 18.0 Å². The monoisotopic (exact) mass is 266 g/mol. The Hall–Kier alpha value is -1.62. The predicted octanol–water partition coefficient (Wildman–Crippen LogP) is 1.59. The molecule has 1 aliphatic rings. The van der Waals surface area contributed by atoms with Crippen LogP contribution in [0, 0.1) is 5.82 Å². The molecule has 1 aliphatic heterocycles. The van der Waals surface area contributed by atoms with Crippen LogP contribution in [-0.2, 0) is 4.79 Å². The molecule has 0 saturated carbocycles. The second-order valence-electron chi connectivity index (χ2n) is 4.79. The smallest absolute Gasteiger partial charge is 0.242 e. The quantitative estimate of drug-likeness (QED) is 0.873. The Morgan fingerprint density at radius 2 is 2.32 bits per heavy atom. The molecule has 0 bridgehead atoms. The number of carbonyl (C=O) groups is 1. The molecule has 1 aromatic rings. The van der Waals surface area contributed by atoms with E-state index in [4.69, 9.17) is 0 Å². The number of anilines is 1. The fourth-order valence-corrected chi connectivity index (χ4v) is 2.53. The van der Waals surface area contributed by atoms with Crippen LogP contribution in [0.25, 0.3) is 0 Å². The highest BCUT2D eigenvalue weighted by Gasteiger charge is 2.30. The molecule has 2 atom stereocenters. The molecule has 1 amide bonds. The summed E-state index contributed by atoms with van der Waals surface area (Å²) in [6, 6.07) is 4.06. The lowest BCUT2D eigenvalue weighted by atomic mass is 10.0. The van der Waals surface area contributed by atoms with Gasteiger partial charge in [-0.15, -0.1) is 0 Å². The van der Waals surface area contributed by atoms with Crippen molar-refractivity contribution in [3.8, 4) is 0 Å². The molecule has 1 heterocycles. The highest BCUT2D eigenvalue weighted by atomic mass is 19.1. The minimum atomic E-state index is -0.770. The number of hydrogen-bond acceptors (Lipinski definition) is 3. The number of rotatable bonds is 3. The number of amides is 1. The normalized spacial score (nSPS) is 21.2. The number of hydrogen-bond donors (Lipinski definition) is 2. The second-order valence-corrected chi connectivity index (χ2v) is 4.79. The molecule has 0 aliphatic carbocycles. The average Bonchev–Trinajstić information content (AvgIpc) is 2.38. The summed E-state index contributed by atoms with van der Waals surface area (Å²) in [5.41, 5.74) is 1.26. The van der Waals surface area contributed by atoms with Gasteiger partial charge in [0, 0.05) is 24.3 Å². The zero-order chi connectivity index (χ0) is 14.0.